The fourth-order valence-electron chi connectivity index (χ4n) is 1.97. The Labute approximate surface area is 117 Å². The van der Waals surface area contributed by atoms with Gasteiger partial charge in [0.05, 0.1) is 12.0 Å². The molecule has 0 unspecified atom stereocenters. The topological polar surface area (TPSA) is 64.4 Å². The highest BCUT2D eigenvalue weighted by molar-refractivity contribution is 5.49. The molecule has 0 radical (unpaired) electrons. The van der Waals surface area contributed by atoms with Crippen molar-refractivity contribution in [3.05, 3.63) is 63.7 Å². The van der Waals surface area contributed by atoms with E-state index in [0.717, 1.165) is 17.0 Å². The minimum absolute atomic E-state index is 0.152. The van der Waals surface area contributed by atoms with Crippen LogP contribution in [0.4, 0.5) is 11.4 Å². The lowest BCUT2D eigenvalue weighted by Crippen LogP contribution is -2.03. The molecule has 2 aromatic carbocycles. The maximum atomic E-state index is 10.9. The zero-order valence-corrected chi connectivity index (χ0v) is 11.4. The number of anilines is 1. The number of ether oxygens (including phenoxy) is 1. The molecule has 0 aliphatic rings. The summed E-state index contributed by atoms with van der Waals surface area (Å²) in [5, 5.41) is 14.1. The maximum Gasteiger partial charge on any atom is 0.272 e. The van der Waals surface area contributed by atoms with E-state index in [2.05, 4.69) is 5.32 Å². The SMILES string of the molecule is COc1ccc(NCc2cccc([N+](=O)[O-])c2C)cc1. The molecule has 2 rings (SSSR count). The number of rotatable bonds is 5. The average molecular weight is 272 g/mol. The van der Waals surface area contributed by atoms with Gasteiger partial charge in [-0.25, -0.2) is 0 Å². The third kappa shape index (κ3) is 3.06. The van der Waals surface area contributed by atoms with Gasteiger partial charge in [-0.15, -0.1) is 0 Å². The Morgan fingerprint density at radius 3 is 2.50 bits per heavy atom. The van der Waals surface area contributed by atoms with Crippen molar-refractivity contribution in [1.29, 1.82) is 0 Å². The molecular weight excluding hydrogens is 256 g/mol. The molecule has 0 aliphatic carbocycles. The van der Waals surface area contributed by atoms with Gasteiger partial charge >= 0.3 is 0 Å². The minimum Gasteiger partial charge on any atom is -0.497 e. The van der Waals surface area contributed by atoms with Crippen molar-refractivity contribution in [1.82, 2.24) is 0 Å². The van der Waals surface area contributed by atoms with Crippen LogP contribution in [0.3, 0.4) is 0 Å². The largest absolute Gasteiger partial charge is 0.497 e. The predicted octanol–water partition coefficient (Wildman–Crippen LogP) is 3.52. The number of benzene rings is 2. The van der Waals surface area contributed by atoms with E-state index in [4.69, 9.17) is 4.74 Å². The first-order valence-electron chi connectivity index (χ1n) is 6.22. The van der Waals surface area contributed by atoms with Crippen molar-refractivity contribution >= 4 is 11.4 Å². The Morgan fingerprint density at radius 1 is 1.20 bits per heavy atom. The van der Waals surface area contributed by atoms with E-state index < -0.39 is 0 Å². The Balaban J connectivity index is 2.10. The number of methoxy groups -OCH3 is 1. The Bertz CT molecular complexity index is 609. The van der Waals surface area contributed by atoms with Crippen LogP contribution in [0.25, 0.3) is 0 Å². The number of nitrogens with zero attached hydrogens (tertiary/aromatic N) is 1. The first kappa shape index (κ1) is 13.9. The van der Waals surface area contributed by atoms with Crippen LogP contribution in [0.1, 0.15) is 11.1 Å². The van der Waals surface area contributed by atoms with Crippen molar-refractivity contribution < 1.29 is 9.66 Å². The van der Waals surface area contributed by atoms with Crippen LogP contribution < -0.4 is 10.1 Å². The van der Waals surface area contributed by atoms with Crippen molar-refractivity contribution in [2.45, 2.75) is 13.5 Å². The first-order valence-corrected chi connectivity index (χ1v) is 6.22. The van der Waals surface area contributed by atoms with Crippen molar-refractivity contribution in [3.63, 3.8) is 0 Å². The summed E-state index contributed by atoms with van der Waals surface area (Å²) in [7, 11) is 1.62. The summed E-state index contributed by atoms with van der Waals surface area (Å²) in [6, 6.07) is 12.7. The lowest BCUT2D eigenvalue weighted by Gasteiger charge is -2.09. The molecule has 5 heteroatoms. The number of hydrogen-bond donors (Lipinski definition) is 1. The molecule has 0 amide bonds. The predicted molar refractivity (Wildman–Crippen MR) is 78.2 cm³/mol. The molecular formula is C15H16N2O3. The summed E-state index contributed by atoms with van der Waals surface area (Å²) in [6.07, 6.45) is 0. The van der Waals surface area contributed by atoms with E-state index in [1.165, 1.54) is 6.07 Å². The number of hydrogen-bond acceptors (Lipinski definition) is 4. The Morgan fingerprint density at radius 2 is 1.90 bits per heavy atom. The molecule has 20 heavy (non-hydrogen) atoms. The summed E-state index contributed by atoms with van der Waals surface area (Å²) in [5.41, 5.74) is 2.70. The Kier molecular flexibility index (Phi) is 4.20. The van der Waals surface area contributed by atoms with E-state index in [-0.39, 0.29) is 10.6 Å². The number of nitrogens with one attached hydrogen (secondary N) is 1. The van der Waals surface area contributed by atoms with Crippen LogP contribution in [-0.4, -0.2) is 12.0 Å². The smallest absolute Gasteiger partial charge is 0.272 e. The van der Waals surface area contributed by atoms with Gasteiger partial charge in [0, 0.05) is 23.9 Å². The molecule has 0 fully saturated rings. The second-order valence-corrected chi connectivity index (χ2v) is 4.40. The van der Waals surface area contributed by atoms with Gasteiger partial charge in [0.25, 0.3) is 5.69 Å². The van der Waals surface area contributed by atoms with Crippen molar-refractivity contribution in [2.24, 2.45) is 0 Å². The highest BCUT2D eigenvalue weighted by Crippen LogP contribution is 2.22. The fraction of sp³-hybridized carbons (Fsp3) is 0.200. The van der Waals surface area contributed by atoms with Crippen LogP contribution in [0.2, 0.25) is 0 Å². The fourth-order valence-corrected chi connectivity index (χ4v) is 1.97. The van der Waals surface area contributed by atoms with E-state index in [1.54, 1.807) is 20.1 Å². The molecule has 0 saturated heterocycles. The van der Waals surface area contributed by atoms with Crippen LogP contribution in [-0.2, 0) is 6.54 Å². The highest BCUT2D eigenvalue weighted by Gasteiger charge is 2.12. The summed E-state index contributed by atoms with van der Waals surface area (Å²) in [6.45, 7) is 2.31. The monoisotopic (exact) mass is 272 g/mol. The number of nitro benzene ring substituents is 1. The van der Waals surface area contributed by atoms with Gasteiger partial charge in [-0.2, -0.15) is 0 Å². The summed E-state index contributed by atoms with van der Waals surface area (Å²) < 4.78 is 5.09. The van der Waals surface area contributed by atoms with Gasteiger partial charge in [0.1, 0.15) is 5.75 Å². The molecule has 0 spiro atoms. The summed E-state index contributed by atoms with van der Waals surface area (Å²) >= 11 is 0. The van der Waals surface area contributed by atoms with Gasteiger partial charge in [-0.1, -0.05) is 12.1 Å². The lowest BCUT2D eigenvalue weighted by molar-refractivity contribution is -0.385. The molecule has 0 atom stereocenters. The normalized spacial score (nSPS) is 10.1. The summed E-state index contributed by atoms with van der Waals surface area (Å²) in [5.74, 6) is 0.794. The van der Waals surface area contributed by atoms with Crippen LogP contribution in [0, 0.1) is 17.0 Å². The van der Waals surface area contributed by atoms with Gasteiger partial charge in [0.2, 0.25) is 0 Å². The zero-order valence-electron chi connectivity index (χ0n) is 11.4. The third-order valence-corrected chi connectivity index (χ3v) is 3.19. The quantitative estimate of drug-likeness (QED) is 0.668. The standard InChI is InChI=1S/C15H16N2O3/c1-11-12(4-3-5-15(11)17(18)19)10-16-13-6-8-14(20-2)9-7-13/h3-9,16H,10H2,1-2H3. The van der Waals surface area contributed by atoms with Gasteiger partial charge < -0.3 is 10.1 Å². The lowest BCUT2D eigenvalue weighted by atomic mass is 10.1. The average Bonchev–Trinajstić information content (AvgIpc) is 2.46. The van der Waals surface area contributed by atoms with E-state index in [1.807, 2.05) is 30.3 Å². The second kappa shape index (κ2) is 6.06. The molecule has 0 aromatic heterocycles. The van der Waals surface area contributed by atoms with E-state index >= 15 is 0 Å². The molecule has 5 nitrogen and oxygen atoms in total. The van der Waals surface area contributed by atoms with Crippen molar-refractivity contribution in [3.8, 4) is 5.75 Å². The van der Waals surface area contributed by atoms with E-state index in [0.29, 0.717) is 12.1 Å². The maximum absolute atomic E-state index is 10.9. The highest BCUT2D eigenvalue weighted by atomic mass is 16.6. The van der Waals surface area contributed by atoms with Crippen LogP contribution in [0.15, 0.2) is 42.5 Å². The number of nitro groups is 1. The molecule has 0 heterocycles. The van der Waals surface area contributed by atoms with E-state index in [9.17, 15) is 10.1 Å². The zero-order chi connectivity index (χ0) is 14.5. The van der Waals surface area contributed by atoms with Crippen LogP contribution >= 0.6 is 0 Å². The second-order valence-electron chi connectivity index (χ2n) is 4.40. The molecule has 0 saturated carbocycles. The molecule has 104 valence electrons. The first-order chi connectivity index (χ1) is 9.61. The Hall–Kier alpha value is -2.56. The minimum atomic E-state index is -0.355. The summed E-state index contributed by atoms with van der Waals surface area (Å²) in [4.78, 5) is 10.5. The molecule has 0 bridgehead atoms. The third-order valence-electron chi connectivity index (χ3n) is 3.19. The molecule has 1 N–H and O–H groups in total. The van der Waals surface area contributed by atoms with Gasteiger partial charge in [0.15, 0.2) is 0 Å². The van der Waals surface area contributed by atoms with Crippen LogP contribution in [0.5, 0.6) is 5.75 Å². The van der Waals surface area contributed by atoms with Crippen molar-refractivity contribution in [2.75, 3.05) is 12.4 Å². The van der Waals surface area contributed by atoms with Gasteiger partial charge in [-0.3, -0.25) is 10.1 Å². The molecule has 0 aliphatic heterocycles. The molecule has 2 aromatic rings. The van der Waals surface area contributed by atoms with Gasteiger partial charge in [-0.05, 0) is 36.8 Å².